The van der Waals surface area contributed by atoms with Crippen LogP contribution in [0.25, 0.3) is 16.5 Å². The summed E-state index contributed by atoms with van der Waals surface area (Å²) in [6.07, 6.45) is 5.70. The predicted molar refractivity (Wildman–Crippen MR) is 180 cm³/mol. The molecule has 6 rings (SSSR count). The first-order valence-electron chi connectivity index (χ1n) is 15.8. The minimum absolute atomic E-state index is 0.0479. The Kier molecular flexibility index (Phi) is 7.96. The minimum Gasteiger partial charge on any atom is -0.424 e. The number of carbonyl (C=O) groups excluding carboxylic acids is 1. The number of fused-ring (bicyclic) bond motifs is 2. The summed E-state index contributed by atoms with van der Waals surface area (Å²) in [4.78, 5) is 32.3. The molecule has 0 bridgehead atoms. The maximum atomic E-state index is 13.8. The highest BCUT2D eigenvalue weighted by atomic mass is 28.4. The summed E-state index contributed by atoms with van der Waals surface area (Å²) >= 11 is 0. The van der Waals surface area contributed by atoms with Gasteiger partial charge in [-0.3, -0.25) is 9.69 Å². The van der Waals surface area contributed by atoms with Gasteiger partial charge in [-0.1, -0.05) is 99.6 Å². The topological polar surface area (TPSA) is 68.4 Å². The molecule has 0 fully saturated rings. The highest BCUT2D eigenvalue weighted by Gasteiger charge is 2.49. The predicted octanol–water partition coefficient (Wildman–Crippen LogP) is 5.55. The van der Waals surface area contributed by atoms with Gasteiger partial charge in [0.25, 0.3) is 8.32 Å². The molecule has 6 heteroatoms. The fraction of sp³-hybridized carbons (Fsp3) is 0.378. The van der Waals surface area contributed by atoms with Gasteiger partial charge in [0.1, 0.15) is 0 Å². The number of likely N-dealkylation sites (N-methyl/N-ethyl adjacent to an activating group) is 1. The number of rotatable bonds is 9. The van der Waals surface area contributed by atoms with Gasteiger partial charge in [0, 0.05) is 35.2 Å². The third-order valence-electron chi connectivity index (χ3n) is 10.3. The molecule has 3 aromatic carbocycles. The lowest BCUT2D eigenvalue weighted by Crippen LogP contribution is -2.65. The van der Waals surface area contributed by atoms with E-state index < -0.39 is 8.32 Å². The lowest BCUT2D eigenvalue weighted by Gasteiger charge is -2.42. The molecule has 2 aliphatic rings. The van der Waals surface area contributed by atoms with Crippen LogP contribution in [0.1, 0.15) is 56.9 Å². The third kappa shape index (κ3) is 5.20. The maximum absolute atomic E-state index is 13.8. The van der Waals surface area contributed by atoms with Gasteiger partial charge in [-0.15, -0.1) is 0 Å². The molecule has 4 aromatic rings. The van der Waals surface area contributed by atoms with Crippen molar-refractivity contribution in [3.63, 3.8) is 0 Å². The van der Waals surface area contributed by atoms with Gasteiger partial charge in [-0.25, -0.2) is 0 Å². The molecule has 0 radical (unpaired) electrons. The smallest absolute Gasteiger partial charge is 0.258 e. The number of hydrogen-bond acceptors (Lipinski definition) is 3. The van der Waals surface area contributed by atoms with Crippen LogP contribution in [-0.4, -0.2) is 54.6 Å². The summed E-state index contributed by atoms with van der Waals surface area (Å²) in [5, 5.41) is 6.45. The Hall–Kier alpha value is -3.45. The fourth-order valence-corrected chi connectivity index (χ4v) is 11.3. The van der Waals surface area contributed by atoms with Gasteiger partial charge >= 0.3 is 0 Å². The molecular weight excluding hydrogens is 547 g/mol. The van der Waals surface area contributed by atoms with Gasteiger partial charge in [0.2, 0.25) is 5.91 Å². The van der Waals surface area contributed by atoms with Crippen molar-refractivity contribution in [3.8, 4) is 0 Å². The van der Waals surface area contributed by atoms with E-state index in [1.54, 1.807) is 0 Å². The number of H-pyrrole nitrogens is 1. The summed E-state index contributed by atoms with van der Waals surface area (Å²) in [5.41, 5.74) is 6.38. The first-order valence-corrected chi connectivity index (χ1v) is 17.7. The van der Waals surface area contributed by atoms with Crippen molar-refractivity contribution < 1.29 is 9.59 Å². The molecule has 3 atom stereocenters. The number of benzene rings is 3. The Morgan fingerprint density at radius 2 is 1.70 bits per heavy atom. The number of nitrogens with zero attached hydrogens (tertiary/aromatic N) is 1. The van der Waals surface area contributed by atoms with Gasteiger partial charge in [0.15, 0.2) is 0 Å². The van der Waals surface area contributed by atoms with E-state index in [4.69, 9.17) is 0 Å². The van der Waals surface area contributed by atoms with Crippen LogP contribution in [-0.2, 0) is 11.2 Å². The van der Waals surface area contributed by atoms with E-state index in [9.17, 15) is 9.59 Å². The van der Waals surface area contributed by atoms with Gasteiger partial charge in [-0.05, 0) is 77.8 Å². The molecule has 0 saturated heterocycles. The Labute approximate surface area is 257 Å². The lowest BCUT2D eigenvalue weighted by atomic mass is 9.79. The molecule has 1 amide bonds. The van der Waals surface area contributed by atoms with Crippen molar-refractivity contribution in [3.05, 3.63) is 102 Å². The second-order valence-corrected chi connectivity index (χ2v) is 17.3. The molecule has 0 saturated carbocycles. The summed E-state index contributed by atoms with van der Waals surface area (Å²) in [6, 6.07) is 27.2. The molecule has 0 unspecified atom stereocenters. The van der Waals surface area contributed by atoms with Crippen molar-refractivity contribution in [2.24, 2.45) is 5.92 Å². The number of aromatic nitrogens is 1. The molecule has 224 valence electrons. The van der Waals surface area contributed by atoms with Crippen LogP contribution in [0.5, 0.6) is 0 Å². The van der Waals surface area contributed by atoms with E-state index in [1.165, 1.54) is 33.3 Å². The molecule has 3 N–H and O–H groups in total. The molecule has 0 spiro atoms. The largest absolute Gasteiger partial charge is 0.424 e. The van der Waals surface area contributed by atoms with E-state index in [1.807, 2.05) is 36.4 Å². The first-order chi connectivity index (χ1) is 20.6. The molecule has 1 aliphatic carbocycles. The number of aromatic amines is 1. The zero-order valence-corrected chi connectivity index (χ0v) is 27.2. The minimum atomic E-state index is -3.09. The van der Waals surface area contributed by atoms with Gasteiger partial charge in [-0.2, -0.15) is 0 Å². The zero-order chi connectivity index (χ0) is 30.4. The Morgan fingerprint density at radius 1 is 1.05 bits per heavy atom. The summed E-state index contributed by atoms with van der Waals surface area (Å²) in [6.45, 7) is 9.44. The maximum Gasteiger partial charge on any atom is 0.258 e. The second-order valence-electron chi connectivity index (χ2n) is 13.3. The average molecular weight is 592 g/mol. The van der Waals surface area contributed by atoms with Crippen LogP contribution < -0.4 is 15.7 Å². The normalized spacial score (nSPS) is 19.5. The number of nitrogens with one attached hydrogen (secondary N) is 2. The van der Waals surface area contributed by atoms with Crippen molar-refractivity contribution in [1.82, 2.24) is 15.2 Å². The van der Waals surface area contributed by atoms with E-state index in [-0.39, 0.29) is 28.9 Å². The highest BCUT2D eigenvalue weighted by Crippen LogP contribution is 2.43. The van der Waals surface area contributed by atoms with Gasteiger partial charge < -0.3 is 15.1 Å². The summed E-state index contributed by atoms with van der Waals surface area (Å²) in [5.74, 6) is -0.0978. The van der Waals surface area contributed by atoms with Crippen LogP contribution >= 0.6 is 0 Å². The van der Waals surface area contributed by atoms with Crippen molar-refractivity contribution in [2.45, 2.75) is 70.5 Å². The third-order valence-corrected chi connectivity index (χ3v) is 14.8. The molecular formula is C37H45N3O2Si. The van der Waals surface area contributed by atoms with Crippen LogP contribution in [0, 0.1) is 12.8 Å². The van der Waals surface area contributed by atoms with E-state index in [0.717, 1.165) is 36.1 Å². The number of hydrogen-bond donors (Lipinski definition) is 3. The molecule has 2 heterocycles. The summed E-state index contributed by atoms with van der Waals surface area (Å²) < 4.78 is 0. The molecule has 43 heavy (non-hydrogen) atoms. The Balaban J connectivity index is 1.21. The van der Waals surface area contributed by atoms with Crippen molar-refractivity contribution in [2.75, 3.05) is 13.6 Å². The monoisotopic (exact) mass is 591 g/mol. The van der Waals surface area contributed by atoms with Gasteiger partial charge in [0.05, 0.1) is 5.92 Å². The van der Waals surface area contributed by atoms with Crippen LogP contribution in [0.3, 0.4) is 0 Å². The molecule has 1 aliphatic heterocycles. The standard InChI is InChI=1S/C37H45N3O2Si/c1-6-27(20-21-37(3,4)43(42,28-14-9-7-10-15-28)29-16-11-8-12-17-29)39-36(41)26-22-32-30-18-13-19-33-35(30)31(25(2)38-33)23-34(32)40(5)24-26/h7-19,22,26-27,34,38,42H,6,20-21,23-24H2,1-5H3,(H,39,41)/t26-,27+,34-/m1/s1. The number of aryl methyl sites for hydroxylation is 1. The quantitative estimate of drug-likeness (QED) is 0.224. The lowest BCUT2D eigenvalue weighted by molar-refractivity contribution is -0.125. The Morgan fingerprint density at radius 3 is 2.33 bits per heavy atom. The zero-order valence-electron chi connectivity index (χ0n) is 26.2. The van der Waals surface area contributed by atoms with E-state index in [2.05, 4.69) is 98.5 Å². The Bertz CT molecular complexity index is 1600. The molecule has 1 aromatic heterocycles. The first kappa shape index (κ1) is 29.6. The fourth-order valence-electron chi connectivity index (χ4n) is 7.59. The number of amides is 1. The summed E-state index contributed by atoms with van der Waals surface area (Å²) in [7, 11) is -0.935. The van der Waals surface area contributed by atoms with Crippen molar-refractivity contribution in [1.29, 1.82) is 0 Å². The van der Waals surface area contributed by atoms with Crippen LogP contribution in [0.15, 0.2) is 84.9 Å². The second kappa shape index (κ2) is 11.6. The van der Waals surface area contributed by atoms with Crippen LogP contribution in [0.4, 0.5) is 0 Å². The van der Waals surface area contributed by atoms with E-state index in [0.29, 0.717) is 6.54 Å². The number of carbonyl (C=O) groups is 1. The van der Waals surface area contributed by atoms with E-state index >= 15 is 0 Å². The van der Waals surface area contributed by atoms with Crippen molar-refractivity contribution >= 4 is 41.1 Å². The molecule has 5 nitrogen and oxygen atoms in total. The highest BCUT2D eigenvalue weighted by molar-refractivity contribution is 6.98. The SMILES string of the molecule is CC[C@@H](CCC(C)(C)[Si](O)(c1ccccc1)c1ccccc1)NC(=O)[C@@H]1C=C2c3cccc4[nH]c(C)c(c34)C[C@H]2N(C)C1. The van der Waals surface area contributed by atoms with Crippen LogP contribution in [0.2, 0.25) is 5.04 Å². The average Bonchev–Trinajstić information content (AvgIpc) is 3.35.